The molecule has 2 aromatic carbocycles. The maximum Gasteiger partial charge on any atom is 0.526 e. The van der Waals surface area contributed by atoms with Crippen molar-refractivity contribution in [3.05, 3.63) is 70.2 Å². The summed E-state index contributed by atoms with van der Waals surface area (Å²) in [5, 5.41) is 25.8. The molecule has 0 aliphatic carbocycles. The number of thiazole rings is 1. The number of aromatic carboxylic acids is 1. The molecule has 0 radical (unpaired) electrons. The number of nitrogens with zero attached hydrogens (tertiary/aromatic N) is 3. The number of ether oxygens (including phenoxy) is 1. The van der Waals surface area contributed by atoms with Crippen molar-refractivity contribution in [2.75, 3.05) is 32.0 Å². The van der Waals surface area contributed by atoms with E-state index in [4.69, 9.17) is 31.4 Å². The lowest BCUT2D eigenvalue weighted by Gasteiger charge is -2.28. The maximum atomic E-state index is 13.3. The van der Waals surface area contributed by atoms with Crippen molar-refractivity contribution >= 4 is 46.9 Å². The quantitative estimate of drug-likeness (QED) is 0.0638. The van der Waals surface area contributed by atoms with Gasteiger partial charge in [0.05, 0.1) is 12.1 Å². The standard InChI is InChI=1S/C26H29BN6O7S/c28-8-9-31-24(29)15-4-6-18(7-5-15)38-10-11-39-33-22(20-14-41-26(30)32-20)21(34)13-17-12-16-2-1-3-19(25(35)36)23(16)40-27(17)37/h1-7,14,17,37H,8-13,28H2,(H2,29,31)(H2,30,32)(H,35,36)/b33-22-/t17-/m1/s1. The van der Waals surface area contributed by atoms with E-state index in [0.717, 1.165) is 16.9 Å². The van der Waals surface area contributed by atoms with Crippen LogP contribution in [0.4, 0.5) is 5.13 Å². The number of benzene rings is 2. The first kappa shape index (κ1) is 29.5. The van der Waals surface area contributed by atoms with Crippen LogP contribution in [0.3, 0.4) is 0 Å². The number of aromatic nitrogens is 1. The molecule has 41 heavy (non-hydrogen) atoms. The number of ketones is 1. The van der Waals surface area contributed by atoms with Gasteiger partial charge >= 0.3 is 13.1 Å². The minimum atomic E-state index is -1.39. The van der Waals surface area contributed by atoms with Gasteiger partial charge in [0.1, 0.15) is 29.6 Å². The molecule has 0 amide bonds. The normalized spacial score (nSPS) is 15.2. The fourth-order valence-corrected chi connectivity index (χ4v) is 4.65. The van der Waals surface area contributed by atoms with Crippen LogP contribution in [0.1, 0.15) is 33.6 Å². The first-order valence-electron chi connectivity index (χ1n) is 12.6. The smallest absolute Gasteiger partial charge is 0.526 e. The molecule has 0 spiro atoms. The third-order valence-electron chi connectivity index (χ3n) is 6.09. The van der Waals surface area contributed by atoms with Crippen LogP contribution in [0.25, 0.3) is 0 Å². The third kappa shape index (κ3) is 7.60. The molecule has 15 heteroatoms. The number of nitrogen functional groups attached to an aromatic ring is 1. The number of fused-ring (bicyclic) bond motifs is 1. The van der Waals surface area contributed by atoms with Crippen LogP contribution < -0.4 is 26.6 Å². The van der Waals surface area contributed by atoms with Gasteiger partial charge in [-0.3, -0.25) is 9.79 Å². The van der Waals surface area contributed by atoms with E-state index in [1.807, 2.05) is 0 Å². The number of carbonyl (C=O) groups excluding carboxylic acids is 1. The van der Waals surface area contributed by atoms with Crippen molar-refractivity contribution in [3.8, 4) is 11.5 Å². The largest absolute Gasteiger partial charge is 0.535 e. The fraction of sp³-hybridized carbons (Fsp3) is 0.269. The average molecular weight is 580 g/mol. The summed E-state index contributed by atoms with van der Waals surface area (Å²) in [7, 11) is -1.39. The van der Waals surface area contributed by atoms with Crippen LogP contribution in [0.5, 0.6) is 11.5 Å². The molecule has 1 atom stereocenters. The molecule has 4 rings (SSSR count). The number of nitrogens with two attached hydrogens (primary N) is 3. The Kier molecular flexibility index (Phi) is 9.89. The second-order valence-electron chi connectivity index (χ2n) is 8.97. The highest BCUT2D eigenvalue weighted by molar-refractivity contribution is 7.13. The number of carbonyl (C=O) groups is 2. The molecular weight excluding hydrogens is 551 g/mol. The zero-order valence-corrected chi connectivity index (χ0v) is 22.8. The van der Waals surface area contributed by atoms with E-state index in [1.54, 1.807) is 41.8 Å². The Morgan fingerprint density at radius 3 is 2.66 bits per heavy atom. The van der Waals surface area contributed by atoms with Crippen LogP contribution >= 0.6 is 11.3 Å². The molecule has 214 valence electrons. The van der Waals surface area contributed by atoms with Gasteiger partial charge < -0.3 is 41.6 Å². The molecule has 0 unspecified atom stereocenters. The van der Waals surface area contributed by atoms with E-state index >= 15 is 0 Å². The summed E-state index contributed by atoms with van der Waals surface area (Å²) in [6.45, 7) is 1.02. The Labute approximate surface area is 239 Å². The van der Waals surface area contributed by atoms with Crippen LogP contribution in [-0.4, -0.2) is 71.8 Å². The maximum absolute atomic E-state index is 13.3. The number of carboxylic acids is 1. The summed E-state index contributed by atoms with van der Waals surface area (Å²) in [6.07, 6.45) is 0.0753. The summed E-state index contributed by atoms with van der Waals surface area (Å²) in [6, 6.07) is 11.7. The molecule has 1 aliphatic heterocycles. The van der Waals surface area contributed by atoms with Crippen molar-refractivity contribution in [2.24, 2.45) is 21.6 Å². The van der Waals surface area contributed by atoms with Crippen molar-refractivity contribution in [3.63, 3.8) is 0 Å². The van der Waals surface area contributed by atoms with E-state index in [2.05, 4.69) is 15.1 Å². The number of amidine groups is 1. The molecule has 3 aromatic rings. The van der Waals surface area contributed by atoms with Gasteiger partial charge in [0.2, 0.25) is 0 Å². The number of Topliss-reactive ketones (excluding diaryl/α,β-unsaturated/α-hetero) is 1. The Morgan fingerprint density at radius 2 is 1.98 bits per heavy atom. The lowest BCUT2D eigenvalue weighted by atomic mass is 9.64. The van der Waals surface area contributed by atoms with Crippen LogP contribution in [-0.2, 0) is 16.1 Å². The van der Waals surface area contributed by atoms with Gasteiger partial charge in [-0.25, -0.2) is 9.78 Å². The van der Waals surface area contributed by atoms with Crippen molar-refractivity contribution < 1.29 is 33.9 Å². The highest BCUT2D eigenvalue weighted by Gasteiger charge is 2.39. The summed E-state index contributed by atoms with van der Waals surface area (Å²) in [4.78, 5) is 38.5. The number of para-hydroxylation sites is 1. The van der Waals surface area contributed by atoms with Gasteiger partial charge in [-0.05, 0) is 42.3 Å². The topological polar surface area (TPSA) is 218 Å². The third-order valence-corrected chi connectivity index (χ3v) is 6.76. The molecule has 1 aliphatic rings. The molecule has 0 saturated carbocycles. The van der Waals surface area contributed by atoms with Crippen LogP contribution in [0, 0.1) is 0 Å². The summed E-state index contributed by atoms with van der Waals surface area (Å²) >= 11 is 1.14. The fourth-order valence-electron chi connectivity index (χ4n) is 4.10. The van der Waals surface area contributed by atoms with E-state index < -0.39 is 24.7 Å². The Balaban J connectivity index is 1.37. The van der Waals surface area contributed by atoms with Gasteiger partial charge in [-0.2, -0.15) is 0 Å². The first-order valence-corrected chi connectivity index (χ1v) is 13.5. The first-order chi connectivity index (χ1) is 19.8. The molecule has 1 aromatic heterocycles. The molecule has 2 heterocycles. The summed E-state index contributed by atoms with van der Waals surface area (Å²) in [5.74, 6) is -1.21. The van der Waals surface area contributed by atoms with Gasteiger partial charge in [0.25, 0.3) is 0 Å². The summed E-state index contributed by atoms with van der Waals surface area (Å²) < 4.78 is 11.2. The zero-order valence-electron chi connectivity index (χ0n) is 21.9. The molecular formula is C26H29BN6O7S. The van der Waals surface area contributed by atoms with Crippen molar-refractivity contribution in [1.82, 2.24) is 4.98 Å². The number of oxime groups is 1. The van der Waals surface area contributed by atoms with E-state index in [0.29, 0.717) is 30.2 Å². The number of aliphatic imine (C=N–C) groups is 1. The van der Waals surface area contributed by atoms with E-state index in [-0.39, 0.29) is 53.9 Å². The molecule has 0 saturated heterocycles. The Bertz CT molecular complexity index is 1450. The molecule has 0 fully saturated rings. The predicted octanol–water partition coefficient (Wildman–Crippen LogP) is 1.33. The van der Waals surface area contributed by atoms with Gasteiger partial charge in [-0.1, -0.05) is 17.3 Å². The minimum Gasteiger partial charge on any atom is -0.535 e. The van der Waals surface area contributed by atoms with Gasteiger partial charge in [-0.15, -0.1) is 11.3 Å². The molecule has 8 N–H and O–H groups in total. The lowest BCUT2D eigenvalue weighted by molar-refractivity contribution is -0.113. The van der Waals surface area contributed by atoms with E-state index in [1.165, 1.54) is 6.07 Å². The van der Waals surface area contributed by atoms with Crippen molar-refractivity contribution in [2.45, 2.75) is 18.7 Å². The average Bonchev–Trinajstić information content (AvgIpc) is 3.39. The lowest BCUT2D eigenvalue weighted by Crippen LogP contribution is -2.37. The van der Waals surface area contributed by atoms with Crippen molar-refractivity contribution in [1.29, 1.82) is 0 Å². The predicted molar refractivity (Wildman–Crippen MR) is 155 cm³/mol. The number of rotatable bonds is 13. The highest BCUT2D eigenvalue weighted by Crippen LogP contribution is 2.36. The molecule has 13 nitrogen and oxygen atoms in total. The number of hydrogen-bond acceptors (Lipinski definition) is 12. The number of carboxylic acid groups (broad SMARTS) is 1. The molecule has 0 bridgehead atoms. The number of hydrogen-bond donors (Lipinski definition) is 5. The second-order valence-corrected chi connectivity index (χ2v) is 9.86. The van der Waals surface area contributed by atoms with Crippen LogP contribution in [0.15, 0.2) is 58.0 Å². The van der Waals surface area contributed by atoms with Gasteiger partial charge in [0.15, 0.2) is 23.2 Å². The Morgan fingerprint density at radius 1 is 1.20 bits per heavy atom. The second kappa shape index (κ2) is 13.7. The Hall–Kier alpha value is -4.47. The van der Waals surface area contributed by atoms with Gasteiger partial charge in [0, 0.05) is 29.7 Å². The van der Waals surface area contributed by atoms with Crippen LogP contribution in [0.2, 0.25) is 5.82 Å². The SMILES string of the molecule is NCCN=C(N)c1ccc(OCCO/N=C(\C(=O)C[C@H]2Cc3cccc(C(=O)O)c3OB2O)c2csc(N)n2)cc1. The van der Waals surface area contributed by atoms with E-state index in [9.17, 15) is 19.7 Å². The zero-order chi connectivity index (χ0) is 29.4. The minimum absolute atomic E-state index is 0.0265. The summed E-state index contributed by atoms with van der Waals surface area (Å²) in [5.41, 5.74) is 18.6. The monoisotopic (exact) mass is 580 g/mol. The number of anilines is 1. The highest BCUT2D eigenvalue weighted by atomic mass is 32.1.